The Labute approximate surface area is 109 Å². The molecule has 3 aromatic heterocycles. The highest BCUT2D eigenvalue weighted by Crippen LogP contribution is 2.09. The van der Waals surface area contributed by atoms with E-state index in [1.54, 1.807) is 6.07 Å². The van der Waals surface area contributed by atoms with Crippen LogP contribution in [0.4, 0.5) is 0 Å². The maximum absolute atomic E-state index is 11.9. The summed E-state index contributed by atoms with van der Waals surface area (Å²) in [6.07, 6.45) is 5.32. The van der Waals surface area contributed by atoms with Gasteiger partial charge in [0.05, 0.1) is 18.5 Å². The third-order valence-corrected chi connectivity index (χ3v) is 2.91. The zero-order valence-electron chi connectivity index (χ0n) is 10.5. The normalized spacial score (nSPS) is 10.8. The Bertz CT molecular complexity index is 694. The number of imidazole rings is 1. The van der Waals surface area contributed by atoms with Gasteiger partial charge in [-0.1, -0.05) is 6.07 Å². The summed E-state index contributed by atoms with van der Waals surface area (Å²) in [5.74, 6) is 0.128. The van der Waals surface area contributed by atoms with Gasteiger partial charge in [0.15, 0.2) is 5.76 Å². The number of amides is 1. The first-order valence-corrected chi connectivity index (χ1v) is 5.99. The predicted molar refractivity (Wildman–Crippen MR) is 69.8 cm³/mol. The second-order valence-electron chi connectivity index (χ2n) is 4.31. The predicted octanol–water partition coefficient (Wildman–Crippen LogP) is 2.17. The average molecular weight is 255 g/mol. The van der Waals surface area contributed by atoms with E-state index in [9.17, 15) is 4.79 Å². The molecule has 0 fully saturated rings. The van der Waals surface area contributed by atoms with Crippen molar-refractivity contribution in [2.24, 2.45) is 0 Å². The van der Waals surface area contributed by atoms with Gasteiger partial charge >= 0.3 is 0 Å². The minimum atomic E-state index is -0.223. The standard InChI is InChI=1S/C14H13N3O2/c1-10-5-7-19-13(10)14(18)15-8-11-9-17-6-3-2-4-12(17)16-11/h2-7,9H,8H2,1H3,(H,15,18). The molecule has 3 aromatic rings. The molecule has 0 bridgehead atoms. The quantitative estimate of drug-likeness (QED) is 0.780. The van der Waals surface area contributed by atoms with Gasteiger partial charge in [-0.3, -0.25) is 4.79 Å². The summed E-state index contributed by atoms with van der Waals surface area (Å²) >= 11 is 0. The largest absolute Gasteiger partial charge is 0.459 e. The number of aryl methyl sites for hydroxylation is 1. The lowest BCUT2D eigenvalue weighted by Gasteiger charge is -2.00. The number of pyridine rings is 1. The van der Waals surface area contributed by atoms with Gasteiger partial charge in [-0.15, -0.1) is 0 Å². The second kappa shape index (κ2) is 4.61. The van der Waals surface area contributed by atoms with Crippen LogP contribution in [-0.4, -0.2) is 15.3 Å². The van der Waals surface area contributed by atoms with Crippen LogP contribution in [0.1, 0.15) is 21.8 Å². The molecule has 0 spiro atoms. The second-order valence-corrected chi connectivity index (χ2v) is 4.31. The van der Waals surface area contributed by atoms with E-state index >= 15 is 0 Å². The molecule has 0 aliphatic carbocycles. The van der Waals surface area contributed by atoms with Crippen molar-refractivity contribution in [2.45, 2.75) is 13.5 Å². The zero-order valence-corrected chi connectivity index (χ0v) is 10.5. The fraction of sp³-hybridized carbons (Fsp3) is 0.143. The molecule has 0 aliphatic heterocycles. The Kier molecular flexibility index (Phi) is 2.79. The van der Waals surface area contributed by atoms with E-state index in [1.165, 1.54) is 6.26 Å². The Hall–Kier alpha value is -2.56. The molecule has 0 saturated carbocycles. The van der Waals surface area contributed by atoms with Crippen molar-refractivity contribution in [3.63, 3.8) is 0 Å². The number of hydrogen-bond acceptors (Lipinski definition) is 3. The molecule has 19 heavy (non-hydrogen) atoms. The van der Waals surface area contributed by atoms with E-state index in [0.717, 1.165) is 16.9 Å². The molecule has 0 aliphatic rings. The van der Waals surface area contributed by atoms with Crippen molar-refractivity contribution in [3.05, 3.63) is 59.9 Å². The van der Waals surface area contributed by atoms with Gasteiger partial charge in [0.1, 0.15) is 5.65 Å². The van der Waals surface area contributed by atoms with Crippen LogP contribution >= 0.6 is 0 Å². The molecule has 1 N–H and O–H groups in total. The number of nitrogens with one attached hydrogen (secondary N) is 1. The summed E-state index contributed by atoms with van der Waals surface area (Å²) in [5.41, 5.74) is 2.50. The fourth-order valence-corrected chi connectivity index (χ4v) is 1.93. The van der Waals surface area contributed by atoms with Crippen molar-refractivity contribution in [3.8, 4) is 0 Å². The lowest BCUT2D eigenvalue weighted by molar-refractivity contribution is 0.0922. The van der Waals surface area contributed by atoms with E-state index in [-0.39, 0.29) is 5.91 Å². The first kappa shape index (κ1) is 11.5. The molecular weight excluding hydrogens is 242 g/mol. The lowest BCUT2D eigenvalue weighted by atomic mass is 10.2. The highest BCUT2D eigenvalue weighted by Gasteiger charge is 2.12. The van der Waals surface area contributed by atoms with Gasteiger partial charge in [-0.25, -0.2) is 4.98 Å². The first-order valence-electron chi connectivity index (χ1n) is 5.99. The van der Waals surface area contributed by atoms with Gasteiger partial charge in [0.2, 0.25) is 0 Å². The molecule has 5 nitrogen and oxygen atoms in total. The van der Waals surface area contributed by atoms with Gasteiger partial charge in [0.25, 0.3) is 5.91 Å². The number of aromatic nitrogens is 2. The number of furan rings is 1. The zero-order chi connectivity index (χ0) is 13.2. The SMILES string of the molecule is Cc1ccoc1C(=O)NCc1cn2ccccc2n1. The Morgan fingerprint density at radius 3 is 3.05 bits per heavy atom. The van der Waals surface area contributed by atoms with Crippen LogP contribution in [-0.2, 0) is 6.54 Å². The van der Waals surface area contributed by atoms with Crippen LogP contribution in [0.3, 0.4) is 0 Å². The molecule has 96 valence electrons. The Balaban J connectivity index is 1.72. The number of carbonyl (C=O) groups is 1. The van der Waals surface area contributed by atoms with Crippen molar-refractivity contribution >= 4 is 11.6 Å². The summed E-state index contributed by atoms with van der Waals surface area (Å²) in [5, 5.41) is 2.79. The van der Waals surface area contributed by atoms with Crippen molar-refractivity contribution in [1.82, 2.24) is 14.7 Å². The van der Waals surface area contributed by atoms with Crippen LogP contribution in [0.25, 0.3) is 5.65 Å². The summed E-state index contributed by atoms with van der Waals surface area (Å²) in [4.78, 5) is 16.3. The van der Waals surface area contributed by atoms with E-state index in [4.69, 9.17) is 4.42 Å². The maximum Gasteiger partial charge on any atom is 0.287 e. The molecule has 0 unspecified atom stereocenters. The number of rotatable bonds is 3. The summed E-state index contributed by atoms with van der Waals surface area (Å²) in [6.45, 7) is 2.21. The number of nitrogens with zero attached hydrogens (tertiary/aromatic N) is 2. The third kappa shape index (κ3) is 2.22. The van der Waals surface area contributed by atoms with Crippen molar-refractivity contribution in [2.75, 3.05) is 0 Å². The minimum absolute atomic E-state index is 0.223. The summed E-state index contributed by atoms with van der Waals surface area (Å²) in [7, 11) is 0. The molecule has 0 saturated heterocycles. The van der Waals surface area contributed by atoms with E-state index in [1.807, 2.05) is 41.9 Å². The van der Waals surface area contributed by atoms with E-state index in [0.29, 0.717) is 12.3 Å². The number of fused-ring (bicyclic) bond motifs is 1. The molecule has 0 radical (unpaired) electrons. The third-order valence-electron chi connectivity index (χ3n) is 2.91. The van der Waals surface area contributed by atoms with Gasteiger partial charge in [0, 0.05) is 18.0 Å². The Morgan fingerprint density at radius 1 is 1.42 bits per heavy atom. The highest BCUT2D eigenvalue weighted by molar-refractivity contribution is 5.92. The van der Waals surface area contributed by atoms with Gasteiger partial charge < -0.3 is 14.1 Å². The molecule has 3 rings (SSSR count). The molecule has 1 amide bonds. The van der Waals surface area contributed by atoms with Crippen molar-refractivity contribution < 1.29 is 9.21 Å². The molecule has 5 heteroatoms. The average Bonchev–Trinajstić information content (AvgIpc) is 3.01. The maximum atomic E-state index is 11.9. The fourth-order valence-electron chi connectivity index (χ4n) is 1.93. The first-order chi connectivity index (χ1) is 9.24. The summed E-state index contributed by atoms with van der Waals surface area (Å²) < 4.78 is 7.05. The minimum Gasteiger partial charge on any atom is -0.459 e. The van der Waals surface area contributed by atoms with E-state index in [2.05, 4.69) is 10.3 Å². The van der Waals surface area contributed by atoms with Gasteiger partial charge in [-0.2, -0.15) is 0 Å². The van der Waals surface area contributed by atoms with Crippen molar-refractivity contribution in [1.29, 1.82) is 0 Å². The van der Waals surface area contributed by atoms with Crippen LogP contribution in [0, 0.1) is 6.92 Å². The highest BCUT2D eigenvalue weighted by atomic mass is 16.3. The molecular formula is C14H13N3O2. The smallest absolute Gasteiger partial charge is 0.287 e. The molecule has 0 atom stereocenters. The summed E-state index contributed by atoms with van der Waals surface area (Å²) in [6, 6.07) is 7.54. The number of carbonyl (C=O) groups excluding carboxylic acids is 1. The van der Waals surface area contributed by atoms with Crippen LogP contribution in [0.2, 0.25) is 0 Å². The molecule has 0 aromatic carbocycles. The van der Waals surface area contributed by atoms with E-state index < -0.39 is 0 Å². The molecule has 3 heterocycles. The van der Waals surface area contributed by atoms with Crippen LogP contribution in [0.5, 0.6) is 0 Å². The lowest BCUT2D eigenvalue weighted by Crippen LogP contribution is -2.23. The van der Waals surface area contributed by atoms with Crippen LogP contribution < -0.4 is 5.32 Å². The topological polar surface area (TPSA) is 59.5 Å². The monoisotopic (exact) mass is 255 g/mol. The number of hydrogen-bond donors (Lipinski definition) is 1. The van der Waals surface area contributed by atoms with Gasteiger partial charge in [-0.05, 0) is 25.1 Å². The Morgan fingerprint density at radius 2 is 2.32 bits per heavy atom. The van der Waals surface area contributed by atoms with Crippen LogP contribution in [0.15, 0.2) is 47.3 Å².